The smallest absolute Gasteiger partial charge is 0.222 e. The number of pyridine rings is 1. The van der Waals surface area contributed by atoms with Crippen molar-refractivity contribution >= 4 is 5.84 Å². The van der Waals surface area contributed by atoms with Crippen LogP contribution in [0, 0.1) is 0 Å². The average molecular weight is 254 g/mol. The molecule has 0 fully saturated rings. The molecule has 5 heteroatoms. The lowest BCUT2D eigenvalue weighted by Crippen LogP contribution is -2.46. The van der Waals surface area contributed by atoms with Gasteiger partial charge >= 0.3 is 0 Å². The van der Waals surface area contributed by atoms with E-state index in [2.05, 4.69) is 15.6 Å². The van der Waals surface area contributed by atoms with E-state index in [9.17, 15) is 0 Å². The summed E-state index contributed by atoms with van der Waals surface area (Å²) in [6.45, 7) is 0. The summed E-state index contributed by atoms with van der Waals surface area (Å²) in [5.41, 5.74) is 5.16. The summed E-state index contributed by atoms with van der Waals surface area (Å²) in [6.07, 6.45) is 3.18. The van der Waals surface area contributed by atoms with Gasteiger partial charge in [0.2, 0.25) is 6.23 Å². The lowest BCUT2D eigenvalue weighted by atomic mass is 10.2. The van der Waals surface area contributed by atoms with Crippen molar-refractivity contribution in [3.8, 4) is 0 Å². The molecule has 1 unspecified atom stereocenters. The first-order valence-corrected chi connectivity index (χ1v) is 6.03. The van der Waals surface area contributed by atoms with E-state index in [0.29, 0.717) is 0 Å². The van der Waals surface area contributed by atoms with E-state index in [1.165, 1.54) is 0 Å². The molecule has 2 heterocycles. The van der Waals surface area contributed by atoms with Crippen LogP contribution in [0.2, 0.25) is 0 Å². The van der Waals surface area contributed by atoms with E-state index in [0.717, 1.165) is 17.0 Å². The summed E-state index contributed by atoms with van der Waals surface area (Å²) in [6, 6.07) is 13.7. The summed E-state index contributed by atoms with van der Waals surface area (Å²) in [4.78, 5) is 9.57. The second-order valence-electron chi connectivity index (χ2n) is 4.24. The van der Waals surface area contributed by atoms with Crippen LogP contribution in [0.1, 0.15) is 17.4 Å². The maximum absolute atomic E-state index is 5.50. The second kappa shape index (κ2) is 5.07. The van der Waals surface area contributed by atoms with Gasteiger partial charge in [0.25, 0.3) is 0 Å². The summed E-state index contributed by atoms with van der Waals surface area (Å²) in [5, 5.41) is 6.05. The van der Waals surface area contributed by atoms with E-state index in [-0.39, 0.29) is 6.23 Å². The van der Waals surface area contributed by atoms with Crippen molar-refractivity contribution in [1.29, 1.82) is 0 Å². The second-order valence-corrected chi connectivity index (χ2v) is 4.24. The molecule has 0 amide bonds. The van der Waals surface area contributed by atoms with E-state index in [1.807, 2.05) is 54.5 Å². The molecular formula is C14H14N4O. The third-order valence-corrected chi connectivity index (χ3v) is 2.89. The maximum atomic E-state index is 5.50. The Bertz CT molecular complexity index is 571. The van der Waals surface area contributed by atoms with Gasteiger partial charge in [0.05, 0.1) is 0 Å². The topological polar surface area (TPSA) is 49.8 Å². The molecule has 5 nitrogen and oxygen atoms in total. The van der Waals surface area contributed by atoms with E-state index >= 15 is 0 Å². The van der Waals surface area contributed by atoms with Gasteiger partial charge in [0.1, 0.15) is 0 Å². The highest BCUT2D eigenvalue weighted by atomic mass is 16.7. The molecule has 96 valence electrons. The van der Waals surface area contributed by atoms with Gasteiger partial charge in [-0.15, -0.1) is 0 Å². The zero-order valence-corrected chi connectivity index (χ0v) is 10.5. The summed E-state index contributed by atoms with van der Waals surface area (Å²) >= 11 is 0. The predicted octanol–water partition coefficient (Wildman–Crippen LogP) is 1.91. The SMILES string of the molecule is CN1NC(c2cccnc2)ON=C1c1ccccc1. The average Bonchev–Trinajstić information content (AvgIpc) is 2.49. The van der Waals surface area contributed by atoms with Crippen molar-refractivity contribution in [3.05, 3.63) is 66.0 Å². The highest BCUT2D eigenvalue weighted by Gasteiger charge is 2.23. The Kier molecular flexibility index (Phi) is 3.12. The van der Waals surface area contributed by atoms with Crippen molar-refractivity contribution in [2.45, 2.75) is 6.23 Å². The Hall–Kier alpha value is -2.40. The van der Waals surface area contributed by atoms with Crippen LogP contribution in [0.25, 0.3) is 0 Å². The number of rotatable bonds is 2. The van der Waals surface area contributed by atoms with Crippen LogP contribution in [0.4, 0.5) is 0 Å². The number of benzene rings is 1. The summed E-state index contributed by atoms with van der Waals surface area (Å²) in [5.74, 6) is 0.751. The molecule has 1 aromatic carbocycles. The molecule has 0 saturated carbocycles. The summed E-state index contributed by atoms with van der Waals surface area (Å²) < 4.78 is 0. The molecule has 1 aromatic heterocycles. The molecule has 0 aliphatic carbocycles. The molecule has 19 heavy (non-hydrogen) atoms. The zero-order chi connectivity index (χ0) is 13.1. The maximum Gasteiger partial charge on any atom is 0.222 e. The zero-order valence-electron chi connectivity index (χ0n) is 10.5. The monoisotopic (exact) mass is 254 g/mol. The number of hydrazine groups is 1. The minimum atomic E-state index is -0.314. The van der Waals surface area contributed by atoms with Gasteiger partial charge in [0.15, 0.2) is 5.84 Å². The number of nitrogens with zero attached hydrogens (tertiary/aromatic N) is 3. The number of aromatic nitrogens is 1. The summed E-state index contributed by atoms with van der Waals surface area (Å²) in [7, 11) is 1.91. The largest absolute Gasteiger partial charge is 0.368 e. The van der Waals surface area contributed by atoms with Crippen LogP contribution < -0.4 is 5.43 Å². The van der Waals surface area contributed by atoms with Gasteiger partial charge in [0, 0.05) is 30.6 Å². The van der Waals surface area contributed by atoms with E-state index in [1.54, 1.807) is 12.4 Å². The van der Waals surface area contributed by atoms with Crippen LogP contribution in [0.5, 0.6) is 0 Å². The van der Waals surface area contributed by atoms with Gasteiger partial charge in [-0.05, 0) is 6.07 Å². The normalized spacial score (nSPS) is 18.7. The quantitative estimate of drug-likeness (QED) is 0.889. The van der Waals surface area contributed by atoms with Gasteiger partial charge in [-0.25, -0.2) is 0 Å². The Labute approximate surface area is 111 Å². The predicted molar refractivity (Wildman–Crippen MR) is 71.9 cm³/mol. The Morgan fingerprint density at radius 2 is 2.00 bits per heavy atom. The fourth-order valence-corrected chi connectivity index (χ4v) is 1.92. The number of nitrogens with one attached hydrogen (secondary N) is 1. The van der Waals surface area contributed by atoms with E-state index in [4.69, 9.17) is 4.84 Å². The third kappa shape index (κ3) is 2.41. The minimum Gasteiger partial charge on any atom is -0.368 e. The van der Waals surface area contributed by atoms with Gasteiger partial charge in [-0.2, -0.15) is 5.43 Å². The molecule has 2 aromatic rings. The molecule has 0 saturated heterocycles. The number of hydrogen-bond donors (Lipinski definition) is 1. The third-order valence-electron chi connectivity index (χ3n) is 2.89. The molecular weight excluding hydrogens is 240 g/mol. The highest BCUT2D eigenvalue weighted by Crippen LogP contribution is 2.19. The van der Waals surface area contributed by atoms with Crippen LogP contribution in [0.15, 0.2) is 60.0 Å². The van der Waals surface area contributed by atoms with Gasteiger partial charge in [-0.1, -0.05) is 41.6 Å². The Morgan fingerprint density at radius 1 is 1.16 bits per heavy atom. The fourth-order valence-electron chi connectivity index (χ4n) is 1.92. The molecule has 0 bridgehead atoms. The highest BCUT2D eigenvalue weighted by molar-refractivity contribution is 5.98. The first kappa shape index (κ1) is 11.7. The lowest BCUT2D eigenvalue weighted by molar-refractivity contribution is -0.0239. The number of hydrogen-bond acceptors (Lipinski definition) is 5. The van der Waals surface area contributed by atoms with Crippen LogP contribution in [0.3, 0.4) is 0 Å². The van der Waals surface area contributed by atoms with Crippen molar-refractivity contribution in [1.82, 2.24) is 15.4 Å². The molecule has 1 atom stereocenters. The van der Waals surface area contributed by atoms with Crippen molar-refractivity contribution in [3.63, 3.8) is 0 Å². The number of oxime groups is 1. The molecule has 1 aliphatic heterocycles. The standard InChI is InChI=1S/C14H14N4O/c1-18-13(11-6-3-2-4-7-11)17-19-14(16-18)12-8-5-9-15-10-12/h2-10,14,16H,1H3. The van der Waals surface area contributed by atoms with Crippen molar-refractivity contribution in [2.24, 2.45) is 5.16 Å². The lowest BCUT2D eigenvalue weighted by Gasteiger charge is -2.31. The Balaban J connectivity index is 1.83. The fraction of sp³-hybridized carbons (Fsp3) is 0.143. The Morgan fingerprint density at radius 3 is 2.68 bits per heavy atom. The minimum absolute atomic E-state index is 0.314. The molecule has 3 rings (SSSR count). The van der Waals surface area contributed by atoms with Gasteiger partial charge in [-0.3, -0.25) is 9.99 Å². The molecule has 0 radical (unpaired) electrons. The molecule has 1 aliphatic rings. The van der Waals surface area contributed by atoms with Crippen molar-refractivity contribution < 1.29 is 4.84 Å². The van der Waals surface area contributed by atoms with Gasteiger partial charge < -0.3 is 4.84 Å². The van der Waals surface area contributed by atoms with Crippen molar-refractivity contribution in [2.75, 3.05) is 7.05 Å². The van der Waals surface area contributed by atoms with Crippen LogP contribution >= 0.6 is 0 Å². The first-order valence-electron chi connectivity index (χ1n) is 6.03. The molecule has 1 N–H and O–H groups in total. The molecule has 0 spiro atoms. The number of amidine groups is 1. The van der Waals surface area contributed by atoms with Crippen LogP contribution in [-0.4, -0.2) is 22.9 Å². The van der Waals surface area contributed by atoms with Crippen LogP contribution in [-0.2, 0) is 4.84 Å². The first-order chi connectivity index (χ1) is 9.34. The van der Waals surface area contributed by atoms with E-state index < -0.39 is 0 Å².